The zero-order valence-corrected chi connectivity index (χ0v) is 10.3. The van der Waals surface area contributed by atoms with E-state index in [1.807, 2.05) is 0 Å². The highest BCUT2D eigenvalue weighted by molar-refractivity contribution is 6.33. The zero-order chi connectivity index (χ0) is 12.8. The SMILES string of the molecule is CCOC(=O)C(C)NNc1cc(F)ccc1Cl. The molecule has 0 aliphatic rings. The smallest absolute Gasteiger partial charge is 0.324 e. The Morgan fingerprint density at radius 2 is 2.29 bits per heavy atom. The lowest BCUT2D eigenvalue weighted by atomic mass is 10.3. The molecule has 1 aromatic carbocycles. The third-order valence-electron chi connectivity index (χ3n) is 1.99. The maximum Gasteiger partial charge on any atom is 0.324 e. The Balaban J connectivity index is 2.55. The second kappa shape index (κ2) is 6.42. The molecule has 0 aliphatic heterocycles. The summed E-state index contributed by atoms with van der Waals surface area (Å²) in [6.45, 7) is 3.66. The van der Waals surface area contributed by atoms with Crippen molar-refractivity contribution in [3.63, 3.8) is 0 Å². The molecule has 1 aromatic rings. The van der Waals surface area contributed by atoms with Crippen LogP contribution in [0, 0.1) is 5.82 Å². The summed E-state index contributed by atoms with van der Waals surface area (Å²) in [5.41, 5.74) is 5.71. The number of halogens is 2. The van der Waals surface area contributed by atoms with E-state index in [-0.39, 0.29) is 0 Å². The van der Waals surface area contributed by atoms with Gasteiger partial charge in [0.2, 0.25) is 0 Å². The van der Waals surface area contributed by atoms with Gasteiger partial charge in [0, 0.05) is 0 Å². The molecular weight excluding hydrogens is 247 g/mol. The van der Waals surface area contributed by atoms with Gasteiger partial charge in [-0.1, -0.05) is 11.6 Å². The predicted molar refractivity (Wildman–Crippen MR) is 64.3 cm³/mol. The summed E-state index contributed by atoms with van der Waals surface area (Å²) in [6.07, 6.45) is 0. The van der Waals surface area contributed by atoms with Gasteiger partial charge >= 0.3 is 5.97 Å². The molecule has 0 saturated carbocycles. The Labute approximate surface area is 104 Å². The summed E-state index contributed by atoms with van der Waals surface area (Å²) in [5.74, 6) is -0.810. The molecular formula is C11H14ClFN2O2. The summed E-state index contributed by atoms with van der Waals surface area (Å²) in [5, 5.41) is 0.356. The van der Waals surface area contributed by atoms with Crippen LogP contribution in [-0.2, 0) is 9.53 Å². The van der Waals surface area contributed by atoms with Crippen LogP contribution in [0.1, 0.15) is 13.8 Å². The minimum atomic E-state index is -0.561. The van der Waals surface area contributed by atoms with Crippen LogP contribution in [0.5, 0.6) is 0 Å². The quantitative estimate of drug-likeness (QED) is 0.630. The summed E-state index contributed by atoms with van der Waals surface area (Å²) >= 11 is 5.84. The summed E-state index contributed by atoms with van der Waals surface area (Å²) in [4.78, 5) is 11.3. The number of carbonyl (C=O) groups excluding carboxylic acids is 1. The Kier molecular flexibility index (Phi) is 5.18. The van der Waals surface area contributed by atoms with E-state index < -0.39 is 17.8 Å². The van der Waals surface area contributed by atoms with Gasteiger partial charge in [0.25, 0.3) is 0 Å². The number of benzene rings is 1. The Morgan fingerprint density at radius 1 is 1.59 bits per heavy atom. The first-order valence-corrected chi connectivity index (χ1v) is 5.55. The molecule has 1 unspecified atom stereocenters. The van der Waals surface area contributed by atoms with Crippen molar-refractivity contribution < 1.29 is 13.9 Å². The maximum absolute atomic E-state index is 12.9. The minimum absolute atomic E-state index is 0.311. The van der Waals surface area contributed by atoms with Gasteiger partial charge in [-0.25, -0.2) is 9.82 Å². The molecule has 2 N–H and O–H groups in total. The molecule has 94 valence electrons. The molecule has 6 heteroatoms. The first-order valence-electron chi connectivity index (χ1n) is 5.17. The fourth-order valence-corrected chi connectivity index (χ4v) is 1.27. The molecule has 1 atom stereocenters. The van der Waals surface area contributed by atoms with Crippen molar-refractivity contribution in [3.05, 3.63) is 29.0 Å². The number of ether oxygens (including phenoxy) is 1. The number of rotatable bonds is 5. The van der Waals surface area contributed by atoms with Gasteiger partial charge in [-0.15, -0.1) is 0 Å². The summed E-state index contributed by atoms with van der Waals surface area (Å²) in [6, 6.07) is 3.35. The van der Waals surface area contributed by atoms with E-state index in [2.05, 4.69) is 10.9 Å². The Morgan fingerprint density at radius 3 is 2.94 bits per heavy atom. The lowest BCUT2D eigenvalue weighted by Gasteiger charge is -2.15. The number of carbonyl (C=O) groups is 1. The van der Waals surface area contributed by atoms with E-state index in [1.165, 1.54) is 18.2 Å². The molecule has 17 heavy (non-hydrogen) atoms. The monoisotopic (exact) mass is 260 g/mol. The van der Waals surface area contributed by atoms with Gasteiger partial charge in [-0.05, 0) is 32.0 Å². The predicted octanol–water partition coefficient (Wildman–Crippen LogP) is 2.35. The topological polar surface area (TPSA) is 50.4 Å². The van der Waals surface area contributed by atoms with Gasteiger partial charge in [0.05, 0.1) is 17.3 Å². The summed E-state index contributed by atoms with van der Waals surface area (Å²) < 4.78 is 17.7. The molecule has 4 nitrogen and oxygen atoms in total. The largest absolute Gasteiger partial charge is 0.465 e. The van der Waals surface area contributed by atoms with Crippen LogP contribution in [0.4, 0.5) is 10.1 Å². The number of anilines is 1. The molecule has 0 aromatic heterocycles. The molecule has 0 amide bonds. The van der Waals surface area contributed by atoms with Crippen molar-refractivity contribution in [1.82, 2.24) is 5.43 Å². The summed E-state index contributed by atoms with van der Waals surface area (Å²) in [7, 11) is 0. The molecule has 0 radical (unpaired) electrons. The highest BCUT2D eigenvalue weighted by Gasteiger charge is 2.13. The van der Waals surface area contributed by atoms with E-state index in [1.54, 1.807) is 13.8 Å². The second-order valence-corrected chi connectivity index (χ2v) is 3.77. The van der Waals surface area contributed by atoms with Crippen molar-refractivity contribution in [1.29, 1.82) is 0 Å². The third-order valence-corrected chi connectivity index (χ3v) is 2.32. The van der Waals surface area contributed by atoms with Crippen molar-refractivity contribution in [2.75, 3.05) is 12.0 Å². The zero-order valence-electron chi connectivity index (χ0n) is 9.59. The highest BCUT2D eigenvalue weighted by Crippen LogP contribution is 2.21. The second-order valence-electron chi connectivity index (χ2n) is 3.37. The molecule has 0 bridgehead atoms. The van der Waals surface area contributed by atoms with Crippen LogP contribution in [0.3, 0.4) is 0 Å². The van der Waals surface area contributed by atoms with Crippen LogP contribution >= 0.6 is 11.6 Å². The van der Waals surface area contributed by atoms with Gasteiger partial charge in [-0.3, -0.25) is 4.79 Å². The van der Waals surface area contributed by atoms with Crippen LogP contribution in [0.2, 0.25) is 5.02 Å². The van der Waals surface area contributed by atoms with Crippen LogP contribution < -0.4 is 10.9 Å². The fourth-order valence-electron chi connectivity index (χ4n) is 1.11. The van der Waals surface area contributed by atoms with E-state index in [0.29, 0.717) is 17.3 Å². The van der Waals surface area contributed by atoms with E-state index >= 15 is 0 Å². The number of nitrogens with one attached hydrogen (secondary N) is 2. The molecule has 0 fully saturated rings. The number of hydrogen-bond donors (Lipinski definition) is 2. The van der Waals surface area contributed by atoms with E-state index in [0.717, 1.165) is 0 Å². The van der Waals surface area contributed by atoms with Crippen LogP contribution in [0.15, 0.2) is 18.2 Å². The lowest BCUT2D eigenvalue weighted by Crippen LogP contribution is -2.39. The first-order chi connectivity index (χ1) is 8.04. The molecule has 1 rings (SSSR count). The van der Waals surface area contributed by atoms with E-state index in [9.17, 15) is 9.18 Å². The average molecular weight is 261 g/mol. The van der Waals surface area contributed by atoms with Gasteiger partial charge in [0.1, 0.15) is 11.9 Å². The molecule has 0 heterocycles. The first kappa shape index (κ1) is 13.7. The van der Waals surface area contributed by atoms with Crippen molar-refractivity contribution >= 4 is 23.3 Å². The van der Waals surface area contributed by atoms with Crippen molar-refractivity contribution in [3.8, 4) is 0 Å². The molecule has 0 aliphatic carbocycles. The molecule has 0 saturated heterocycles. The Bertz CT molecular complexity index is 401. The van der Waals surface area contributed by atoms with Crippen LogP contribution in [-0.4, -0.2) is 18.6 Å². The third kappa shape index (κ3) is 4.20. The molecule has 0 spiro atoms. The van der Waals surface area contributed by atoms with Gasteiger partial charge in [0.15, 0.2) is 0 Å². The number of hydrogen-bond acceptors (Lipinski definition) is 4. The lowest BCUT2D eigenvalue weighted by molar-refractivity contribution is -0.144. The number of hydrazine groups is 1. The van der Waals surface area contributed by atoms with Crippen molar-refractivity contribution in [2.24, 2.45) is 0 Å². The Hall–Kier alpha value is -1.33. The normalized spacial score (nSPS) is 12.0. The fraction of sp³-hybridized carbons (Fsp3) is 0.364. The van der Waals surface area contributed by atoms with Gasteiger partial charge in [-0.2, -0.15) is 0 Å². The van der Waals surface area contributed by atoms with Gasteiger partial charge < -0.3 is 10.2 Å². The average Bonchev–Trinajstić information content (AvgIpc) is 2.30. The number of esters is 1. The van der Waals surface area contributed by atoms with E-state index in [4.69, 9.17) is 16.3 Å². The van der Waals surface area contributed by atoms with Crippen molar-refractivity contribution in [2.45, 2.75) is 19.9 Å². The standard InChI is InChI=1S/C11H14ClFN2O2/c1-3-17-11(16)7(2)14-15-10-6-8(13)4-5-9(10)12/h4-7,14-15H,3H2,1-2H3. The maximum atomic E-state index is 12.9. The van der Waals surface area contributed by atoms with Crippen LogP contribution in [0.25, 0.3) is 0 Å². The minimum Gasteiger partial charge on any atom is -0.465 e. The highest BCUT2D eigenvalue weighted by atomic mass is 35.5.